The Balaban J connectivity index is 1.68. The molecule has 2 aliphatic rings. The number of rotatable bonds is 4. The largest absolute Gasteiger partial charge is 0.356 e. The number of hydrogen-bond donors (Lipinski definition) is 2. The second-order valence-corrected chi connectivity index (χ2v) is 8.67. The van der Waals surface area contributed by atoms with Crippen LogP contribution in [0.15, 0.2) is 6.07 Å². The Morgan fingerprint density at radius 1 is 1.25 bits per heavy atom. The predicted octanol–water partition coefficient (Wildman–Crippen LogP) is 0.770. The Morgan fingerprint density at radius 2 is 2.00 bits per heavy atom. The van der Waals surface area contributed by atoms with Crippen molar-refractivity contribution in [2.24, 2.45) is 0 Å². The third kappa shape index (κ3) is 4.64. The van der Waals surface area contributed by atoms with Gasteiger partial charge in [-0.3, -0.25) is 0 Å². The summed E-state index contributed by atoms with van der Waals surface area (Å²) in [6.45, 7) is 5.64. The molecule has 1 atom stereocenters. The number of nitrogens with zero attached hydrogens (tertiary/aromatic N) is 3. The topological polar surface area (TPSA) is 87.2 Å². The molecule has 24 heavy (non-hydrogen) atoms. The minimum Gasteiger partial charge on any atom is -0.356 e. The highest BCUT2D eigenvalue weighted by molar-refractivity contribution is 7.88. The first kappa shape index (κ1) is 17.6. The van der Waals surface area contributed by atoms with Crippen LogP contribution in [-0.2, 0) is 10.0 Å². The van der Waals surface area contributed by atoms with E-state index >= 15 is 0 Å². The fraction of sp³-hybridized carbons (Fsp3) is 0.750. The predicted molar refractivity (Wildman–Crippen MR) is 94.8 cm³/mol. The SMILES string of the molecule is Cc1nc([C@@H]2CCCNC2)cc(N2CCC(NS(C)(=O)=O)CC2)n1. The minimum atomic E-state index is -3.13. The van der Waals surface area contributed by atoms with E-state index < -0.39 is 10.0 Å². The summed E-state index contributed by atoms with van der Waals surface area (Å²) in [5, 5.41) is 3.44. The highest BCUT2D eigenvalue weighted by Gasteiger charge is 2.24. The van der Waals surface area contributed by atoms with Crippen molar-refractivity contribution >= 4 is 15.8 Å². The Bertz CT molecular complexity index is 665. The van der Waals surface area contributed by atoms with Crippen LogP contribution in [0, 0.1) is 6.92 Å². The van der Waals surface area contributed by atoms with E-state index in [9.17, 15) is 8.42 Å². The lowest BCUT2D eigenvalue weighted by molar-refractivity contribution is 0.450. The molecule has 0 unspecified atom stereocenters. The van der Waals surface area contributed by atoms with Gasteiger partial charge in [0, 0.05) is 37.7 Å². The van der Waals surface area contributed by atoms with Crippen LogP contribution in [0.25, 0.3) is 0 Å². The van der Waals surface area contributed by atoms with Crippen LogP contribution in [0.5, 0.6) is 0 Å². The Morgan fingerprint density at radius 3 is 2.62 bits per heavy atom. The van der Waals surface area contributed by atoms with Gasteiger partial charge in [0.1, 0.15) is 11.6 Å². The van der Waals surface area contributed by atoms with Crippen LogP contribution in [0.3, 0.4) is 0 Å². The first-order valence-electron chi connectivity index (χ1n) is 8.69. The van der Waals surface area contributed by atoms with Crippen molar-refractivity contribution in [3.05, 3.63) is 17.6 Å². The van der Waals surface area contributed by atoms with Crippen molar-refractivity contribution in [3.8, 4) is 0 Å². The Kier molecular flexibility index (Phi) is 5.36. The summed E-state index contributed by atoms with van der Waals surface area (Å²) in [4.78, 5) is 11.5. The molecule has 3 rings (SSSR count). The molecular formula is C16H27N5O2S. The first-order valence-corrected chi connectivity index (χ1v) is 10.6. The summed E-state index contributed by atoms with van der Waals surface area (Å²) >= 11 is 0. The van der Waals surface area contributed by atoms with Crippen LogP contribution < -0.4 is 14.9 Å². The first-order chi connectivity index (χ1) is 11.4. The molecule has 134 valence electrons. The lowest BCUT2D eigenvalue weighted by atomic mass is 9.95. The van der Waals surface area contributed by atoms with E-state index in [2.05, 4.69) is 31.0 Å². The van der Waals surface area contributed by atoms with Crippen molar-refractivity contribution in [2.75, 3.05) is 37.3 Å². The second kappa shape index (κ2) is 7.33. The molecule has 7 nitrogen and oxygen atoms in total. The lowest BCUT2D eigenvalue weighted by Gasteiger charge is -2.33. The van der Waals surface area contributed by atoms with Gasteiger partial charge in [-0.1, -0.05) is 0 Å². The number of hydrogen-bond acceptors (Lipinski definition) is 6. The van der Waals surface area contributed by atoms with Gasteiger partial charge in [0.15, 0.2) is 0 Å². The van der Waals surface area contributed by atoms with E-state index in [0.717, 1.165) is 56.4 Å². The average molecular weight is 353 g/mol. The summed E-state index contributed by atoms with van der Waals surface area (Å²) in [6.07, 6.45) is 5.18. The van der Waals surface area contributed by atoms with Crippen molar-refractivity contribution < 1.29 is 8.42 Å². The molecule has 3 heterocycles. The standard InChI is InChI=1S/C16H27N5O2S/c1-12-18-15(13-4-3-7-17-11-13)10-16(19-12)21-8-5-14(6-9-21)20-24(2,22)23/h10,13-14,17,20H,3-9,11H2,1-2H3/t13-/m1/s1. The summed E-state index contributed by atoms with van der Waals surface area (Å²) < 4.78 is 25.4. The number of aromatic nitrogens is 2. The quantitative estimate of drug-likeness (QED) is 0.831. The molecule has 1 aromatic heterocycles. The maximum absolute atomic E-state index is 11.4. The molecule has 0 radical (unpaired) electrons. The molecule has 0 aromatic carbocycles. The smallest absolute Gasteiger partial charge is 0.208 e. The average Bonchev–Trinajstić information content (AvgIpc) is 2.54. The highest BCUT2D eigenvalue weighted by Crippen LogP contribution is 2.26. The molecule has 2 aliphatic heterocycles. The van der Waals surface area contributed by atoms with Gasteiger partial charge in [-0.15, -0.1) is 0 Å². The lowest BCUT2D eigenvalue weighted by Crippen LogP contribution is -2.44. The van der Waals surface area contributed by atoms with Gasteiger partial charge < -0.3 is 10.2 Å². The monoisotopic (exact) mass is 353 g/mol. The van der Waals surface area contributed by atoms with Crippen LogP contribution >= 0.6 is 0 Å². The van der Waals surface area contributed by atoms with E-state index in [0.29, 0.717) is 5.92 Å². The van der Waals surface area contributed by atoms with Gasteiger partial charge in [-0.25, -0.2) is 23.1 Å². The highest BCUT2D eigenvalue weighted by atomic mass is 32.2. The molecule has 0 saturated carbocycles. The van der Waals surface area contributed by atoms with Crippen LogP contribution in [0.1, 0.15) is 43.1 Å². The van der Waals surface area contributed by atoms with Gasteiger partial charge in [0.2, 0.25) is 10.0 Å². The Hall–Kier alpha value is -1.25. The molecule has 2 fully saturated rings. The van der Waals surface area contributed by atoms with E-state index in [1.807, 2.05) is 6.92 Å². The van der Waals surface area contributed by atoms with E-state index in [1.54, 1.807) is 0 Å². The molecule has 0 aliphatic carbocycles. The van der Waals surface area contributed by atoms with E-state index in [-0.39, 0.29) is 6.04 Å². The number of nitrogens with one attached hydrogen (secondary N) is 2. The third-order valence-corrected chi connectivity index (χ3v) is 5.52. The molecule has 2 N–H and O–H groups in total. The molecule has 0 bridgehead atoms. The van der Waals surface area contributed by atoms with Crippen LogP contribution in [0.4, 0.5) is 5.82 Å². The molecule has 2 saturated heterocycles. The normalized spacial score (nSPS) is 23.4. The maximum Gasteiger partial charge on any atom is 0.208 e. The van der Waals surface area contributed by atoms with Gasteiger partial charge in [0.25, 0.3) is 0 Å². The zero-order valence-corrected chi connectivity index (χ0v) is 15.3. The number of piperidine rings is 2. The zero-order chi connectivity index (χ0) is 17.2. The van der Waals surface area contributed by atoms with Crippen molar-refractivity contribution in [1.29, 1.82) is 0 Å². The van der Waals surface area contributed by atoms with Crippen molar-refractivity contribution in [3.63, 3.8) is 0 Å². The van der Waals surface area contributed by atoms with Gasteiger partial charge in [-0.05, 0) is 39.2 Å². The second-order valence-electron chi connectivity index (χ2n) is 6.89. The van der Waals surface area contributed by atoms with Crippen molar-refractivity contribution in [1.82, 2.24) is 20.0 Å². The fourth-order valence-electron chi connectivity index (χ4n) is 3.58. The maximum atomic E-state index is 11.4. The molecular weight excluding hydrogens is 326 g/mol. The zero-order valence-electron chi connectivity index (χ0n) is 14.5. The molecule has 0 amide bonds. The molecule has 0 spiro atoms. The van der Waals surface area contributed by atoms with Gasteiger partial charge >= 0.3 is 0 Å². The van der Waals surface area contributed by atoms with Crippen LogP contribution in [-0.4, -0.2) is 56.9 Å². The Labute approximate surface area is 144 Å². The minimum absolute atomic E-state index is 0.0289. The fourth-order valence-corrected chi connectivity index (χ4v) is 4.42. The summed E-state index contributed by atoms with van der Waals surface area (Å²) in [5.41, 5.74) is 1.13. The van der Waals surface area contributed by atoms with E-state index in [1.165, 1.54) is 19.1 Å². The summed E-state index contributed by atoms with van der Waals surface area (Å²) in [7, 11) is -3.13. The summed E-state index contributed by atoms with van der Waals surface area (Å²) in [6, 6.07) is 2.15. The van der Waals surface area contributed by atoms with Gasteiger partial charge in [-0.2, -0.15) is 0 Å². The van der Waals surface area contributed by atoms with E-state index in [4.69, 9.17) is 0 Å². The molecule has 8 heteroatoms. The van der Waals surface area contributed by atoms with Crippen molar-refractivity contribution in [2.45, 2.75) is 44.6 Å². The van der Waals surface area contributed by atoms with Gasteiger partial charge in [0.05, 0.1) is 11.9 Å². The number of anilines is 1. The third-order valence-electron chi connectivity index (χ3n) is 4.76. The number of sulfonamides is 1. The number of aryl methyl sites for hydroxylation is 1. The summed E-state index contributed by atoms with van der Waals surface area (Å²) in [5.74, 6) is 2.24. The molecule has 1 aromatic rings. The van der Waals surface area contributed by atoms with Crippen LogP contribution in [0.2, 0.25) is 0 Å².